The lowest BCUT2D eigenvalue weighted by Gasteiger charge is -2.15. The van der Waals surface area contributed by atoms with Gasteiger partial charge in [0.15, 0.2) is 0 Å². The normalized spacial score (nSPS) is 11.6. The molecular weight excluding hydrogens is 246 g/mol. The minimum absolute atomic E-state index is 0.315. The fourth-order valence-corrected chi connectivity index (χ4v) is 1.61. The molecule has 5 N–H and O–H groups in total. The summed E-state index contributed by atoms with van der Waals surface area (Å²) < 4.78 is 0. The van der Waals surface area contributed by atoms with Crippen molar-refractivity contribution in [2.75, 3.05) is 13.1 Å². The Kier molecular flexibility index (Phi) is 6.38. The second-order valence-electron chi connectivity index (χ2n) is 4.10. The van der Waals surface area contributed by atoms with Crippen LogP contribution in [0.2, 0.25) is 0 Å². The number of carbonyl (C=O) groups excluding carboxylic acids is 1. The lowest BCUT2D eigenvalue weighted by molar-refractivity contribution is -0.139. The number of carboxylic acid groups (broad SMARTS) is 1. The number of urea groups is 1. The summed E-state index contributed by atoms with van der Waals surface area (Å²) in [6.07, 6.45) is 0.935. The summed E-state index contributed by atoms with van der Waals surface area (Å²) in [5.74, 6) is -1.04. The number of hydrogen-bond acceptors (Lipinski definition) is 3. The molecule has 0 heterocycles. The second-order valence-corrected chi connectivity index (χ2v) is 4.10. The van der Waals surface area contributed by atoms with E-state index in [9.17, 15) is 9.59 Å². The molecule has 1 aromatic carbocycles. The van der Waals surface area contributed by atoms with Gasteiger partial charge in [0.2, 0.25) is 0 Å². The van der Waals surface area contributed by atoms with Gasteiger partial charge in [-0.25, -0.2) is 9.59 Å². The molecule has 0 aromatic heterocycles. The highest BCUT2D eigenvalue weighted by atomic mass is 16.4. The Bertz CT molecular complexity index is 409. The van der Waals surface area contributed by atoms with Gasteiger partial charge in [-0.15, -0.1) is 0 Å². The Morgan fingerprint density at radius 2 is 1.95 bits per heavy atom. The minimum Gasteiger partial charge on any atom is -0.480 e. The Labute approximate surface area is 112 Å². The van der Waals surface area contributed by atoms with Crippen LogP contribution >= 0.6 is 0 Å². The highest BCUT2D eigenvalue weighted by molar-refractivity contribution is 5.82. The van der Waals surface area contributed by atoms with Crippen molar-refractivity contribution >= 4 is 12.0 Å². The fraction of sp³-hybridized carbons (Fsp3) is 0.385. The van der Waals surface area contributed by atoms with E-state index in [1.807, 2.05) is 30.3 Å². The van der Waals surface area contributed by atoms with Gasteiger partial charge in [0.1, 0.15) is 6.04 Å². The standard InChI is InChI=1S/C13H19N3O3/c14-8-9-15-13(19)16-11(12(17)18)7-6-10-4-2-1-3-5-10/h1-5,11H,6-9,14H2,(H,17,18)(H2,15,16,19). The minimum atomic E-state index is -1.04. The van der Waals surface area contributed by atoms with Gasteiger partial charge in [0.05, 0.1) is 0 Å². The van der Waals surface area contributed by atoms with Crippen molar-refractivity contribution in [3.8, 4) is 0 Å². The van der Waals surface area contributed by atoms with Crippen molar-refractivity contribution in [1.29, 1.82) is 0 Å². The lowest BCUT2D eigenvalue weighted by atomic mass is 10.1. The molecule has 0 aliphatic carbocycles. The van der Waals surface area contributed by atoms with Crippen LogP contribution in [0.5, 0.6) is 0 Å². The first-order valence-electron chi connectivity index (χ1n) is 6.14. The maximum absolute atomic E-state index is 11.4. The van der Waals surface area contributed by atoms with Crippen LogP contribution in [0, 0.1) is 0 Å². The van der Waals surface area contributed by atoms with E-state index in [0.29, 0.717) is 25.9 Å². The van der Waals surface area contributed by atoms with Crippen molar-refractivity contribution < 1.29 is 14.7 Å². The van der Waals surface area contributed by atoms with Gasteiger partial charge in [0.25, 0.3) is 0 Å². The number of amides is 2. The molecule has 0 aliphatic rings. The molecule has 1 atom stereocenters. The number of aliphatic carboxylic acids is 1. The van der Waals surface area contributed by atoms with E-state index in [0.717, 1.165) is 5.56 Å². The molecule has 2 amide bonds. The summed E-state index contributed by atoms with van der Waals surface area (Å²) in [4.78, 5) is 22.4. The molecule has 0 fully saturated rings. The highest BCUT2D eigenvalue weighted by Crippen LogP contribution is 2.05. The average Bonchev–Trinajstić information content (AvgIpc) is 2.42. The summed E-state index contributed by atoms with van der Waals surface area (Å²) in [7, 11) is 0. The Morgan fingerprint density at radius 1 is 1.26 bits per heavy atom. The van der Waals surface area contributed by atoms with Crippen LogP contribution in [0.25, 0.3) is 0 Å². The van der Waals surface area contributed by atoms with Gasteiger partial charge < -0.3 is 21.5 Å². The number of carbonyl (C=O) groups is 2. The molecule has 6 nitrogen and oxygen atoms in total. The monoisotopic (exact) mass is 265 g/mol. The first-order chi connectivity index (χ1) is 9.13. The molecule has 1 aromatic rings. The van der Waals surface area contributed by atoms with Gasteiger partial charge in [-0.05, 0) is 18.4 Å². The van der Waals surface area contributed by atoms with Crippen LogP contribution in [0.4, 0.5) is 4.79 Å². The van der Waals surface area contributed by atoms with Gasteiger partial charge in [-0.2, -0.15) is 0 Å². The summed E-state index contributed by atoms with van der Waals surface area (Å²) in [5.41, 5.74) is 6.28. The third-order valence-corrected chi connectivity index (χ3v) is 2.60. The number of aryl methyl sites for hydroxylation is 1. The first-order valence-corrected chi connectivity index (χ1v) is 6.14. The van der Waals surface area contributed by atoms with Gasteiger partial charge in [-0.1, -0.05) is 30.3 Å². The molecular formula is C13H19N3O3. The summed E-state index contributed by atoms with van der Waals surface area (Å²) >= 11 is 0. The van der Waals surface area contributed by atoms with E-state index in [1.54, 1.807) is 0 Å². The summed E-state index contributed by atoms with van der Waals surface area (Å²) in [5, 5.41) is 14.0. The molecule has 0 bridgehead atoms. The lowest BCUT2D eigenvalue weighted by Crippen LogP contribution is -2.47. The quantitative estimate of drug-likeness (QED) is 0.570. The van der Waals surface area contributed by atoms with Crippen molar-refractivity contribution in [3.63, 3.8) is 0 Å². The molecule has 104 valence electrons. The third kappa shape index (κ3) is 5.87. The number of nitrogens with one attached hydrogen (secondary N) is 2. The zero-order valence-corrected chi connectivity index (χ0v) is 10.6. The molecule has 6 heteroatoms. The van der Waals surface area contributed by atoms with Crippen molar-refractivity contribution in [2.45, 2.75) is 18.9 Å². The summed E-state index contributed by atoms with van der Waals surface area (Å²) in [6, 6.07) is 8.13. The highest BCUT2D eigenvalue weighted by Gasteiger charge is 2.19. The fourth-order valence-electron chi connectivity index (χ4n) is 1.61. The van der Waals surface area contributed by atoms with Crippen LogP contribution in [-0.2, 0) is 11.2 Å². The maximum atomic E-state index is 11.4. The first kappa shape index (κ1) is 15.0. The predicted molar refractivity (Wildman–Crippen MR) is 71.8 cm³/mol. The molecule has 0 radical (unpaired) electrons. The van der Waals surface area contributed by atoms with Crippen LogP contribution < -0.4 is 16.4 Å². The Balaban J connectivity index is 2.45. The average molecular weight is 265 g/mol. The molecule has 0 spiro atoms. The van der Waals surface area contributed by atoms with Crippen molar-refractivity contribution in [3.05, 3.63) is 35.9 Å². The molecule has 19 heavy (non-hydrogen) atoms. The van der Waals surface area contributed by atoms with Crippen LogP contribution in [0.1, 0.15) is 12.0 Å². The van der Waals surface area contributed by atoms with E-state index < -0.39 is 18.0 Å². The van der Waals surface area contributed by atoms with Crippen LogP contribution in [0.15, 0.2) is 30.3 Å². The van der Waals surface area contributed by atoms with E-state index in [-0.39, 0.29) is 0 Å². The topological polar surface area (TPSA) is 104 Å². The molecule has 1 rings (SSSR count). The van der Waals surface area contributed by atoms with Crippen molar-refractivity contribution in [2.24, 2.45) is 5.73 Å². The third-order valence-electron chi connectivity index (χ3n) is 2.60. The van der Waals surface area contributed by atoms with Crippen LogP contribution in [-0.4, -0.2) is 36.2 Å². The van der Waals surface area contributed by atoms with E-state index >= 15 is 0 Å². The number of nitrogens with two attached hydrogens (primary N) is 1. The zero-order chi connectivity index (χ0) is 14.1. The van der Waals surface area contributed by atoms with E-state index in [1.165, 1.54) is 0 Å². The molecule has 0 saturated heterocycles. The molecule has 1 unspecified atom stereocenters. The van der Waals surface area contributed by atoms with Gasteiger partial charge in [-0.3, -0.25) is 0 Å². The van der Waals surface area contributed by atoms with E-state index in [4.69, 9.17) is 10.8 Å². The Hall–Kier alpha value is -2.08. The van der Waals surface area contributed by atoms with E-state index in [2.05, 4.69) is 10.6 Å². The maximum Gasteiger partial charge on any atom is 0.326 e. The number of carboxylic acids is 1. The van der Waals surface area contributed by atoms with Crippen molar-refractivity contribution in [1.82, 2.24) is 10.6 Å². The molecule has 0 aliphatic heterocycles. The van der Waals surface area contributed by atoms with Gasteiger partial charge >= 0.3 is 12.0 Å². The molecule has 0 saturated carbocycles. The second kappa shape index (κ2) is 8.10. The van der Waals surface area contributed by atoms with Crippen LogP contribution in [0.3, 0.4) is 0 Å². The smallest absolute Gasteiger partial charge is 0.326 e. The number of hydrogen-bond donors (Lipinski definition) is 4. The SMILES string of the molecule is NCCNC(=O)NC(CCc1ccccc1)C(=O)O. The number of benzene rings is 1. The predicted octanol–water partition coefficient (Wildman–Crippen LogP) is 0.330. The number of rotatable bonds is 7. The van der Waals surface area contributed by atoms with Gasteiger partial charge in [0, 0.05) is 13.1 Å². The summed E-state index contributed by atoms with van der Waals surface area (Å²) in [6.45, 7) is 0.631. The largest absolute Gasteiger partial charge is 0.480 e. The Morgan fingerprint density at radius 3 is 2.53 bits per heavy atom. The zero-order valence-electron chi connectivity index (χ0n) is 10.6.